The predicted molar refractivity (Wildman–Crippen MR) is 58.3 cm³/mol. The molecule has 16 heavy (non-hydrogen) atoms. The smallest absolute Gasteiger partial charge is 0.327 e. The third kappa shape index (κ3) is 2.01. The average molecular weight is 224 g/mol. The molecule has 0 atom stereocenters. The van der Waals surface area contributed by atoms with Gasteiger partial charge in [-0.25, -0.2) is 0 Å². The number of ether oxygens (including phenoxy) is 2. The number of rotatable bonds is 4. The first-order valence-electron chi connectivity index (χ1n) is 5.06. The Bertz CT molecular complexity index is 309. The third-order valence-electron chi connectivity index (χ3n) is 2.44. The van der Waals surface area contributed by atoms with E-state index in [2.05, 4.69) is 13.2 Å². The van der Waals surface area contributed by atoms with E-state index in [9.17, 15) is 9.59 Å². The van der Waals surface area contributed by atoms with Crippen molar-refractivity contribution < 1.29 is 19.1 Å². The van der Waals surface area contributed by atoms with Crippen LogP contribution in [0.15, 0.2) is 25.3 Å². The molecule has 1 fully saturated rings. The summed E-state index contributed by atoms with van der Waals surface area (Å²) >= 11 is 0. The van der Waals surface area contributed by atoms with Crippen LogP contribution in [-0.2, 0) is 19.1 Å². The largest absolute Gasteiger partial charge is 0.422 e. The van der Waals surface area contributed by atoms with Gasteiger partial charge in [-0.15, -0.1) is 13.2 Å². The van der Waals surface area contributed by atoms with Gasteiger partial charge in [-0.05, 0) is 12.8 Å². The van der Waals surface area contributed by atoms with E-state index in [1.54, 1.807) is 0 Å². The minimum Gasteiger partial charge on any atom is -0.422 e. The van der Waals surface area contributed by atoms with E-state index in [-0.39, 0.29) is 12.8 Å². The Kier molecular flexibility index (Phi) is 3.21. The molecule has 4 nitrogen and oxygen atoms in total. The van der Waals surface area contributed by atoms with E-state index in [0.717, 1.165) is 0 Å². The number of cyclic esters (lactones) is 2. The Balaban J connectivity index is 3.08. The standard InChI is InChI=1S/C12H16O4/c1-5-7-12(8-6-2)9(13)15-11(3,4)16-10(12)14/h5-6H,1-2,7-8H2,3-4H3. The molecule has 0 radical (unpaired) electrons. The van der Waals surface area contributed by atoms with Gasteiger partial charge in [0.25, 0.3) is 5.79 Å². The number of carbonyl (C=O) groups excluding carboxylic acids is 2. The second-order valence-electron chi connectivity index (χ2n) is 4.25. The Morgan fingerprint density at radius 2 is 1.44 bits per heavy atom. The molecule has 0 aliphatic carbocycles. The summed E-state index contributed by atoms with van der Waals surface area (Å²) in [5.41, 5.74) is -1.31. The molecule has 1 aliphatic heterocycles. The fourth-order valence-electron chi connectivity index (χ4n) is 1.66. The van der Waals surface area contributed by atoms with Crippen LogP contribution in [0.1, 0.15) is 26.7 Å². The predicted octanol–water partition coefficient (Wildman–Crippen LogP) is 1.96. The number of esters is 2. The fraction of sp³-hybridized carbons (Fsp3) is 0.500. The van der Waals surface area contributed by atoms with Gasteiger partial charge in [-0.1, -0.05) is 12.2 Å². The number of allylic oxidation sites excluding steroid dienone is 2. The van der Waals surface area contributed by atoms with Crippen LogP contribution < -0.4 is 0 Å². The molecule has 0 N–H and O–H groups in total. The van der Waals surface area contributed by atoms with E-state index in [4.69, 9.17) is 9.47 Å². The second-order valence-corrected chi connectivity index (χ2v) is 4.25. The maximum absolute atomic E-state index is 11.9. The highest BCUT2D eigenvalue weighted by molar-refractivity contribution is 6.02. The zero-order valence-electron chi connectivity index (χ0n) is 9.62. The van der Waals surface area contributed by atoms with Crippen LogP contribution in [0.3, 0.4) is 0 Å². The summed E-state index contributed by atoms with van der Waals surface area (Å²) in [7, 11) is 0. The van der Waals surface area contributed by atoms with Crippen LogP contribution in [0.5, 0.6) is 0 Å². The molecule has 0 unspecified atom stereocenters. The van der Waals surface area contributed by atoms with Crippen molar-refractivity contribution in [2.45, 2.75) is 32.5 Å². The van der Waals surface area contributed by atoms with Crippen LogP contribution in [-0.4, -0.2) is 17.7 Å². The maximum Gasteiger partial charge on any atom is 0.327 e. The molecule has 0 bridgehead atoms. The molecular weight excluding hydrogens is 208 g/mol. The first-order chi connectivity index (χ1) is 7.38. The maximum atomic E-state index is 11.9. The monoisotopic (exact) mass is 224 g/mol. The molecule has 1 heterocycles. The van der Waals surface area contributed by atoms with Crippen molar-refractivity contribution in [3.05, 3.63) is 25.3 Å². The molecule has 88 valence electrons. The summed E-state index contributed by atoms with van der Waals surface area (Å²) in [6.07, 6.45) is 3.38. The van der Waals surface area contributed by atoms with Crippen molar-refractivity contribution in [1.29, 1.82) is 0 Å². The summed E-state index contributed by atoms with van der Waals surface area (Å²) in [5.74, 6) is -2.35. The van der Waals surface area contributed by atoms with Gasteiger partial charge in [0.05, 0.1) is 0 Å². The highest BCUT2D eigenvalue weighted by Gasteiger charge is 2.54. The van der Waals surface area contributed by atoms with Crippen molar-refractivity contribution in [2.75, 3.05) is 0 Å². The molecule has 0 amide bonds. The minimum absolute atomic E-state index is 0.187. The van der Waals surface area contributed by atoms with Gasteiger partial charge in [-0.3, -0.25) is 9.59 Å². The Morgan fingerprint density at radius 1 is 1.06 bits per heavy atom. The first-order valence-corrected chi connectivity index (χ1v) is 5.06. The third-order valence-corrected chi connectivity index (χ3v) is 2.44. The molecule has 1 saturated heterocycles. The molecule has 0 spiro atoms. The van der Waals surface area contributed by atoms with Gasteiger partial charge >= 0.3 is 11.9 Å². The average Bonchev–Trinajstić information content (AvgIpc) is 2.13. The first kappa shape index (κ1) is 12.5. The Labute approximate surface area is 94.9 Å². The quantitative estimate of drug-likeness (QED) is 0.416. The second kappa shape index (κ2) is 4.12. The van der Waals surface area contributed by atoms with Crippen molar-refractivity contribution in [3.63, 3.8) is 0 Å². The van der Waals surface area contributed by atoms with E-state index in [0.29, 0.717) is 0 Å². The lowest BCUT2D eigenvalue weighted by molar-refractivity contribution is -0.250. The molecule has 1 rings (SSSR count). The summed E-state index contributed by atoms with van der Waals surface area (Å²) in [4.78, 5) is 23.8. The summed E-state index contributed by atoms with van der Waals surface area (Å²) in [5, 5.41) is 0. The lowest BCUT2D eigenvalue weighted by Crippen LogP contribution is -2.53. The fourth-order valence-corrected chi connectivity index (χ4v) is 1.66. The highest BCUT2D eigenvalue weighted by atomic mass is 16.7. The molecular formula is C12H16O4. The lowest BCUT2D eigenvalue weighted by atomic mass is 9.80. The van der Waals surface area contributed by atoms with Crippen LogP contribution >= 0.6 is 0 Å². The minimum atomic E-state index is -1.31. The zero-order valence-corrected chi connectivity index (χ0v) is 9.62. The Hall–Kier alpha value is -1.58. The number of carbonyl (C=O) groups is 2. The van der Waals surface area contributed by atoms with Gasteiger partial charge in [0.1, 0.15) is 0 Å². The van der Waals surface area contributed by atoms with Crippen LogP contribution in [0.4, 0.5) is 0 Å². The SMILES string of the molecule is C=CCC1(CC=C)C(=O)OC(C)(C)OC1=O. The van der Waals surface area contributed by atoms with Gasteiger partial charge in [0.15, 0.2) is 5.41 Å². The van der Waals surface area contributed by atoms with Crippen molar-refractivity contribution in [2.24, 2.45) is 5.41 Å². The van der Waals surface area contributed by atoms with E-state index in [1.807, 2.05) is 0 Å². The van der Waals surface area contributed by atoms with Crippen molar-refractivity contribution in [3.8, 4) is 0 Å². The van der Waals surface area contributed by atoms with Gasteiger partial charge < -0.3 is 9.47 Å². The molecule has 0 aromatic heterocycles. The number of hydrogen-bond acceptors (Lipinski definition) is 4. The van der Waals surface area contributed by atoms with E-state index >= 15 is 0 Å². The van der Waals surface area contributed by atoms with E-state index in [1.165, 1.54) is 26.0 Å². The van der Waals surface area contributed by atoms with Crippen molar-refractivity contribution in [1.82, 2.24) is 0 Å². The van der Waals surface area contributed by atoms with Crippen LogP contribution in [0.2, 0.25) is 0 Å². The summed E-state index contributed by atoms with van der Waals surface area (Å²) in [6.45, 7) is 10.1. The van der Waals surface area contributed by atoms with E-state index < -0.39 is 23.1 Å². The number of hydrogen-bond donors (Lipinski definition) is 0. The normalized spacial score (nSPS) is 21.9. The lowest BCUT2D eigenvalue weighted by Gasteiger charge is -2.39. The van der Waals surface area contributed by atoms with Crippen molar-refractivity contribution >= 4 is 11.9 Å². The molecule has 0 aromatic carbocycles. The molecule has 0 aromatic rings. The van der Waals surface area contributed by atoms with Gasteiger partial charge in [0.2, 0.25) is 0 Å². The highest BCUT2D eigenvalue weighted by Crippen LogP contribution is 2.38. The van der Waals surface area contributed by atoms with Gasteiger partial charge in [0, 0.05) is 13.8 Å². The molecule has 0 saturated carbocycles. The van der Waals surface area contributed by atoms with Crippen LogP contribution in [0.25, 0.3) is 0 Å². The summed E-state index contributed by atoms with van der Waals surface area (Å²) < 4.78 is 10.2. The van der Waals surface area contributed by atoms with Gasteiger partial charge in [-0.2, -0.15) is 0 Å². The zero-order chi connectivity index (χ0) is 12.4. The topological polar surface area (TPSA) is 52.6 Å². The molecule has 4 heteroatoms. The molecule has 1 aliphatic rings. The summed E-state index contributed by atoms with van der Waals surface area (Å²) in [6, 6.07) is 0. The van der Waals surface area contributed by atoms with Crippen LogP contribution in [0, 0.1) is 5.41 Å². The Morgan fingerprint density at radius 3 is 1.75 bits per heavy atom.